The molecule has 6 heteroatoms. The highest BCUT2D eigenvalue weighted by Crippen LogP contribution is 2.14. The summed E-state index contributed by atoms with van der Waals surface area (Å²) in [6.45, 7) is 6.29. The van der Waals surface area contributed by atoms with Crippen LogP contribution in [-0.2, 0) is 13.0 Å². The van der Waals surface area contributed by atoms with E-state index < -0.39 is 0 Å². The van der Waals surface area contributed by atoms with Crippen molar-refractivity contribution in [3.05, 3.63) is 30.4 Å². The molecule has 0 aliphatic carbocycles. The number of rotatable bonds is 8. The summed E-state index contributed by atoms with van der Waals surface area (Å²) in [6, 6.07) is 0.139. The molecular weight excluding hydrogens is 240 g/mol. The first-order valence-electron chi connectivity index (χ1n) is 6.93. The van der Waals surface area contributed by atoms with Crippen molar-refractivity contribution < 1.29 is 0 Å². The van der Waals surface area contributed by atoms with Gasteiger partial charge in [-0.3, -0.25) is 5.10 Å². The van der Waals surface area contributed by atoms with Gasteiger partial charge < -0.3 is 9.88 Å². The van der Waals surface area contributed by atoms with E-state index in [4.69, 9.17) is 0 Å². The second-order valence-electron chi connectivity index (χ2n) is 4.62. The lowest BCUT2D eigenvalue weighted by Gasteiger charge is -2.16. The summed E-state index contributed by atoms with van der Waals surface area (Å²) in [5, 5.41) is 10.4. The van der Waals surface area contributed by atoms with E-state index in [0.717, 1.165) is 44.0 Å². The Bertz CT molecular complexity index is 461. The normalized spacial score (nSPS) is 12.7. The van der Waals surface area contributed by atoms with Gasteiger partial charge in [0.05, 0.1) is 6.04 Å². The molecular formula is C13H22N6. The number of nitrogens with one attached hydrogen (secondary N) is 2. The van der Waals surface area contributed by atoms with Crippen molar-refractivity contribution in [1.82, 2.24) is 30.0 Å². The van der Waals surface area contributed by atoms with Gasteiger partial charge in [-0.1, -0.05) is 13.8 Å². The van der Waals surface area contributed by atoms with Crippen LogP contribution in [0.4, 0.5) is 0 Å². The third-order valence-corrected chi connectivity index (χ3v) is 3.06. The Morgan fingerprint density at radius 3 is 2.89 bits per heavy atom. The van der Waals surface area contributed by atoms with Gasteiger partial charge in [0.15, 0.2) is 0 Å². The molecule has 104 valence electrons. The molecule has 0 aliphatic rings. The van der Waals surface area contributed by atoms with E-state index in [1.54, 1.807) is 6.33 Å². The minimum absolute atomic E-state index is 0.139. The summed E-state index contributed by atoms with van der Waals surface area (Å²) >= 11 is 0. The van der Waals surface area contributed by atoms with Gasteiger partial charge in [0, 0.05) is 25.4 Å². The number of aromatic nitrogens is 5. The third-order valence-electron chi connectivity index (χ3n) is 3.06. The third kappa shape index (κ3) is 3.64. The number of aryl methyl sites for hydroxylation is 1. The van der Waals surface area contributed by atoms with Gasteiger partial charge >= 0.3 is 0 Å². The Hall–Kier alpha value is -1.69. The van der Waals surface area contributed by atoms with Crippen LogP contribution in [0.25, 0.3) is 0 Å². The number of H-pyrrole nitrogens is 1. The van der Waals surface area contributed by atoms with Gasteiger partial charge in [-0.2, -0.15) is 5.10 Å². The molecule has 2 aromatic rings. The molecule has 19 heavy (non-hydrogen) atoms. The summed E-state index contributed by atoms with van der Waals surface area (Å²) in [5.74, 6) is 1.96. The predicted molar refractivity (Wildman–Crippen MR) is 73.6 cm³/mol. The highest BCUT2D eigenvalue weighted by atomic mass is 15.2. The fourth-order valence-corrected chi connectivity index (χ4v) is 2.12. The molecule has 2 N–H and O–H groups in total. The van der Waals surface area contributed by atoms with Crippen LogP contribution in [0, 0.1) is 0 Å². The summed E-state index contributed by atoms with van der Waals surface area (Å²) in [4.78, 5) is 8.71. The SMILES string of the molecule is CCCNC(Cc1nccn1CCC)c1ncn[nH]1. The minimum Gasteiger partial charge on any atom is -0.335 e. The van der Waals surface area contributed by atoms with Crippen LogP contribution in [0.1, 0.15) is 44.4 Å². The smallest absolute Gasteiger partial charge is 0.141 e. The van der Waals surface area contributed by atoms with E-state index in [2.05, 4.69) is 43.9 Å². The first kappa shape index (κ1) is 13.7. The summed E-state index contributed by atoms with van der Waals surface area (Å²) in [7, 11) is 0. The second-order valence-corrected chi connectivity index (χ2v) is 4.62. The molecule has 2 rings (SSSR count). The maximum atomic E-state index is 4.45. The standard InChI is InChI=1S/C13H22N6/c1-3-5-14-11(13-16-10-17-18-13)9-12-15-6-8-19(12)7-4-2/h6,8,10-11,14H,3-5,7,9H2,1-2H3,(H,16,17,18). The van der Waals surface area contributed by atoms with Crippen LogP contribution in [0.3, 0.4) is 0 Å². The van der Waals surface area contributed by atoms with E-state index in [9.17, 15) is 0 Å². The van der Waals surface area contributed by atoms with E-state index in [1.165, 1.54) is 0 Å². The van der Waals surface area contributed by atoms with Gasteiger partial charge in [-0.25, -0.2) is 9.97 Å². The molecule has 0 aliphatic heterocycles. The zero-order chi connectivity index (χ0) is 13.5. The highest BCUT2D eigenvalue weighted by Gasteiger charge is 2.17. The minimum atomic E-state index is 0.139. The van der Waals surface area contributed by atoms with Crippen molar-refractivity contribution in [2.75, 3.05) is 6.54 Å². The van der Waals surface area contributed by atoms with Gasteiger partial charge in [0.25, 0.3) is 0 Å². The highest BCUT2D eigenvalue weighted by molar-refractivity contribution is 5.01. The van der Waals surface area contributed by atoms with Crippen molar-refractivity contribution in [2.24, 2.45) is 0 Å². The van der Waals surface area contributed by atoms with E-state index in [1.807, 2.05) is 12.4 Å². The largest absolute Gasteiger partial charge is 0.335 e. The van der Waals surface area contributed by atoms with Crippen LogP contribution >= 0.6 is 0 Å². The Morgan fingerprint density at radius 1 is 1.32 bits per heavy atom. The summed E-state index contributed by atoms with van der Waals surface area (Å²) in [6.07, 6.45) is 8.47. The average Bonchev–Trinajstić information content (AvgIpc) is 3.06. The number of nitrogens with zero attached hydrogens (tertiary/aromatic N) is 4. The van der Waals surface area contributed by atoms with Gasteiger partial charge in [-0.05, 0) is 19.4 Å². The molecule has 0 fully saturated rings. The zero-order valence-corrected chi connectivity index (χ0v) is 11.6. The van der Waals surface area contributed by atoms with Crippen LogP contribution in [0.5, 0.6) is 0 Å². The van der Waals surface area contributed by atoms with Crippen molar-refractivity contribution in [3.8, 4) is 0 Å². The van der Waals surface area contributed by atoms with Crippen molar-refractivity contribution >= 4 is 0 Å². The van der Waals surface area contributed by atoms with Crippen LogP contribution < -0.4 is 5.32 Å². The van der Waals surface area contributed by atoms with Crippen molar-refractivity contribution in [3.63, 3.8) is 0 Å². The lowest BCUT2D eigenvalue weighted by atomic mass is 10.1. The fourth-order valence-electron chi connectivity index (χ4n) is 2.12. The number of hydrogen-bond acceptors (Lipinski definition) is 4. The fraction of sp³-hybridized carbons (Fsp3) is 0.615. The van der Waals surface area contributed by atoms with Gasteiger partial charge in [0.2, 0.25) is 0 Å². The summed E-state index contributed by atoms with van der Waals surface area (Å²) in [5.41, 5.74) is 0. The molecule has 0 saturated carbocycles. The summed E-state index contributed by atoms with van der Waals surface area (Å²) < 4.78 is 2.21. The topological polar surface area (TPSA) is 71.4 Å². The molecule has 0 radical (unpaired) electrons. The predicted octanol–water partition coefficient (Wildman–Crippen LogP) is 1.69. The molecule has 0 spiro atoms. The molecule has 1 unspecified atom stereocenters. The molecule has 1 atom stereocenters. The molecule has 0 amide bonds. The average molecular weight is 262 g/mol. The number of imidazole rings is 1. The maximum absolute atomic E-state index is 4.45. The van der Waals surface area contributed by atoms with E-state index in [-0.39, 0.29) is 6.04 Å². The van der Waals surface area contributed by atoms with Gasteiger partial charge in [-0.15, -0.1) is 0 Å². The molecule has 0 saturated heterocycles. The van der Waals surface area contributed by atoms with E-state index in [0.29, 0.717) is 0 Å². The van der Waals surface area contributed by atoms with Gasteiger partial charge in [0.1, 0.15) is 18.0 Å². The first-order valence-corrected chi connectivity index (χ1v) is 6.93. The molecule has 6 nitrogen and oxygen atoms in total. The van der Waals surface area contributed by atoms with Crippen molar-refractivity contribution in [1.29, 1.82) is 0 Å². The zero-order valence-electron chi connectivity index (χ0n) is 11.6. The van der Waals surface area contributed by atoms with Crippen LogP contribution in [-0.4, -0.2) is 31.3 Å². The Morgan fingerprint density at radius 2 is 2.21 bits per heavy atom. The molecule has 0 bridgehead atoms. The molecule has 2 aromatic heterocycles. The maximum Gasteiger partial charge on any atom is 0.141 e. The molecule has 2 heterocycles. The lowest BCUT2D eigenvalue weighted by Crippen LogP contribution is -2.26. The number of aromatic amines is 1. The second kappa shape index (κ2) is 7.04. The Balaban J connectivity index is 2.08. The first-order chi connectivity index (χ1) is 9.35. The quantitative estimate of drug-likeness (QED) is 0.759. The van der Waals surface area contributed by atoms with Crippen LogP contribution in [0.15, 0.2) is 18.7 Å². The van der Waals surface area contributed by atoms with Crippen molar-refractivity contribution in [2.45, 2.75) is 45.7 Å². The monoisotopic (exact) mass is 262 g/mol. The lowest BCUT2D eigenvalue weighted by molar-refractivity contribution is 0.483. The molecule has 0 aromatic carbocycles. The van der Waals surface area contributed by atoms with Crippen LogP contribution in [0.2, 0.25) is 0 Å². The Labute approximate surface area is 113 Å². The van der Waals surface area contributed by atoms with E-state index >= 15 is 0 Å². The Kier molecular flexibility index (Phi) is 5.09. The number of hydrogen-bond donors (Lipinski definition) is 2.